The fourth-order valence-electron chi connectivity index (χ4n) is 4.10. The van der Waals surface area contributed by atoms with E-state index in [1.54, 1.807) is 16.2 Å². The van der Waals surface area contributed by atoms with Gasteiger partial charge in [0, 0.05) is 25.7 Å². The predicted molar refractivity (Wildman–Crippen MR) is 132 cm³/mol. The number of fused-ring (bicyclic) bond motifs is 1. The van der Waals surface area contributed by atoms with Gasteiger partial charge in [-0.05, 0) is 57.1 Å². The number of carbonyl (C=O) groups excluding carboxylic acids is 3. The molecule has 0 aliphatic carbocycles. The van der Waals surface area contributed by atoms with E-state index in [9.17, 15) is 14.4 Å². The minimum Gasteiger partial charge on any atom is -0.366 e. The number of carbonyl (C=O) groups is 3. The summed E-state index contributed by atoms with van der Waals surface area (Å²) in [4.78, 5) is 49.7. The zero-order valence-electron chi connectivity index (χ0n) is 19.3. The van der Waals surface area contributed by atoms with Gasteiger partial charge in [0.2, 0.25) is 5.91 Å². The number of anilines is 1. The topological polar surface area (TPSA) is 122 Å². The molecule has 1 atom stereocenters. The molecule has 178 valence electrons. The van der Waals surface area contributed by atoms with Gasteiger partial charge in [0.25, 0.3) is 0 Å². The highest BCUT2D eigenvalue weighted by molar-refractivity contribution is 7.18. The standard InChI is InChI=1S/C24H28N6O3S/c1-29(2)10-8-21-28-18-12-15(6-7-20(18)34-21)19-5-3-4-9-30(19)24(33)23(32)27-17-11-16(22(25)31)13-26-14-17/h6-7,11-14,19H,3-5,8-10H2,1-2H3,(H2,25,31)(H,27,32)/t19-/m0/s1. The maximum Gasteiger partial charge on any atom is 0.313 e. The van der Waals surface area contributed by atoms with Crippen LogP contribution < -0.4 is 11.1 Å². The number of piperidine rings is 1. The maximum absolute atomic E-state index is 13.1. The number of nitrogens with two attached hydrogens (primary N) is 1. The molecule has 10 heteroatoms. The van der Waals surface area contributed by atoms with Gasteiger partial charge in [0.1, 0.15) is 0 Å². The fourth-order valence-corrected chi connectivity index (χ4v) is 5.04. The molecule has 3 N–H and O–H groups in total. The van der Waals surface area contributed by atoms with E-state index in [0.29, 0.717) is 6.54 Å². The van der Waals surface area contributed by atoms with E-state index >= 15 is 0 Å². The number of nitrogens with one attached hydrogen (secondary N) is 1. The number of nitrogens with zero attached hydrogens (tertiary/aromatic N) is 4. The van der Waals surface area contributed by atoms with Crippen LogP contribution in [-0.4, -0.2) is 64.7 Å². The Labute approximate surface area is 202 Å². The van der Waals surface area contributed by atoms with Crippen molar-refractivity contribution in [1.29, 1.82) is 0 Å². The van der Waals surface area contributed by atoms with Gasteiger partial charge in [-0.1, -0.05) is 6.07 Å². The molecule has 0 radical (unpaired) electrons. The van der Waals surface area contributed by atoms with Crippen LogP contribution in [0, 0.1) is 0 Å². The molecule has 1 aliphatic rings. The van der Waals surface area contributed by atoms with Crippen LogP contribution in [0.15, 0.2) is 36.7 Å². The Balaban J connectivity index is 1.52. The Kier molecular flexibility index (Phi) is 7.18. The molecule has 1 aliphatic heterocycles. The molecular weight excluding hydrogens is 452 g/mol. The molecule has 1 saturated heterocycles. The summed E-state index contributed by atoms with van der Waals surface area (Å²) in [6.07, 6.45) is 6.16. The highest BCUT2D eigenvalue weighted by atomic mass is 32.1. The number of hydrogen-bond donors (Lipinski definition) is 2. The van der Waals surface area contributed by atoms with Crippen LogP contribution in [0.4, 0.5) is 5.69 Å². The smallest absolute Gasteiger partial charge is 0.313 e. The minimum atomic E-state index is -0.768. The van der Waals surface area contributed by atoms with Crippen molar-refractivity contribution in [1.82, 2.24) is 19.8 Å². The lowest BCUT2D eigenvalue weighted by atomic mass is 9.95. The van der Waals surface area contributed by atoms with Crippen LogP contribution in [0.1, 0.15) is 46.2 Å². The number of aromatic nitrogens is 2. The lowest BCUT2D eigenvalue weighted by Crippen LogP contribution is -2.44. The second-order valence-electron chi connectivity index (χ2n) is 8.68. The van der Waals surface area contributed by atoms with E-state index in [0.717, 1.165) is 53.0 Å². The van der Waals surface area contributed by atoms with Crippen molar-refractivity contribution < 1.29 is 14.4 Å². The summed E-state index contributed by atoms with van der Waals surface area (Å²) in [6.45, 7) is 1.43. The third kappa shape index (κ3) is 5.40. The molecule has 0 unspecified atom stereocenters. The molecule has 34 heavy (non-hydrogen) atoms. The number of rotatable bonds is 6. The third-order valence-corrected chi connectivity index (χ3v) is 6.95. The highest BCUT2D eigenvalue weighted by Gasteiger charge is 2.32. The van der Waals surface area contributed by atoms with Crippen LogP contribution in [-0.2, 0) is 16.0 Å². The Morgan fingerprint density at radius 2 is 2.03 bits per heavy atom. The first kappa shape index (κ1) is 23.8. The van der Waals surface area contributed by atoms with Crippen LogP contribution in [0.3, 0.4) is 0 Å². The second-order valence-corrected chi connectivity index (χ2v) is 9.79. The SMILES string of the molecule is CN(C)CCc1nc2cc([C@@H]3CCCCN3C(=O)C(=O)Nc3cncc(C(N)=O)c3)ccc2s1. The molecule has 9 nitrogen and oxygen atoms in total. The summed E-state index contributed by atoms with van der Waals surface area (Å²) in [5, 5.41) is 3.63. The summed E-state index contributed by atoms with van der Waals surface area (Å²) >= 11 is 1.69. The molecule has 2 aromatic heterocycles. The number of amides is 3. The summed E-state index contributed by atoms with van der Waals surface area (Å²) in [5.41, 5.74) is 7.58. The first-order chi connectivity index (χ1) is 16.3. The normalized spacial score (nSPS) is 16.1. The largest absolute Gasteiger partial charge is 0.366 e. The molecule has 3 amide bonds. The average Bonchev–Trinajstić information content (AvgIpc) is 3.24. The lowest BCUT2D eigenvalue weighted by molar-refractivity contribution is -0.145. The molecule has 0 saturated carbocycles. The van der Waals surface area contributed by atoms with E-state index in [1.807, 2.05) is 26.2 Å². The van der Waals surface area contributed by atoms with Gasteiger partial charge in [-0.2, -0.15) is 0 Å². The Bertz CT molecular complexity index is 1220. The molecule has 1 fully saturated rings. The summed E-state index contributed by atoms with van der Waals surface area (Å²) in [6, 6.07) is 7.33. The van der Waals surface area contributed by atoms with Crippen LogP contribution in [0.2, 0.25) is 0 Å². The molecule has 3 heterocycles. The van der Waals surface area contributed by atoms with Crippen molar-refractivity contribution in [3.05, 3.63) is 52.8 Å². The zero-order chi connectivity index (χ0) is 24.2. The Hall–Kier alpha value is -3.37. The van der Waals surface area contributed by atoms with Gasteiger partial charge in [0.05, 0.1) is 38.7 Å². The van der Waals surface area contributed by atoms with Gasteiger partial charge < -0.3 is 20.9 Å². The first-order valence-electron chi connectivity index (χ1n) is 11.2. The van der Waals surface area contributed by atoms with Crippen molar-refractivity contribution in [2.24, 2.45) is 5.73 Å². The number of benzene rings is 1. The molecule has 3 aromatic rings. The van der Waals surface area contributed by atoms with Crippen molar-refractivity contribution >= 4 is 45.0 Å². The van der Waals surface area contributed by atoms with Crippen LogP contribution in [0.25, 0.3) is 10.2 Å². The number of likely N-dealkylation sites (tertiary alicyclic amines) is 1. The molecule has 0 spiro atoms. The monoisotopic (exact) mass is 480 g/mol. The molecule has 0 bridgehead atoms. The van der Waals surface area contributed by atoms with Crippen molar-refractivity contribution in [3.63, 3.8) is 0 Å². The first-order valence-corrected chi connectivity index (χ1v) is 12.0. The molecule has 1 aromatic carbocycles. The predicted octanol–water partition coefficient (Wildman–Crippen LogP) is 2.59. The summed E-state index contributed by atoms with van der Waals surface area (Å²) < 4.78 is 1.12. The van der Waals surface area contributed by atoms with Gasteiger partial charge in [-0.25, -0.2) is 4.98 Å². The van der Waals surface area contributed by atoms with Crippen molar-refractivity contribution in [2.75, 3.05) is 32.5 Å². The van der Waals surface area contributed by atoms with Gasteiger partial charge in [-0.3, -0.25) is 19.4 Å². The van der Waals surface area contributed by atoms with Crippen molar-refractivity contribution in [3.8, 4) is 0 Å². The van der Waals surface area contributed by atoms with E-state index < -0.39 is 17.7 Å². The Morgan fingerprint density at radius 1 is 1.21 bits per heavy atom. The van der Waals surface area contributed by atoms with Crippen molar-refractivity contribution in [2.45, 2.75) is 31.7 Å². The minimum absolute atomic E-state index is 0.155. The van der Waals surface area contributed by atoms with Crippen LogP contribution in [0.5, 0.6) is 0 Å². The zero-order valence-corrected chi connectivity index (χ0v) is 20.1. The highest BCUT2D eigenvalue weighted by Crippen LogP contribution is 2.34. The van der Waals surface area contributed by atoms with Gasteiger partial charge in [-0.15, -0.1) is 11.3 Å². The van der Waals surface area contributed by atoms with Gasteiger partial charge in [0.15, 0.2) is 0 Å². The van der Waals surface area contributed by atoms with E-state index in [-0.39, 0.29) is 17.3 Å². The number of pyridine rings is 1. The quantitative estimate of drug-likeness (QED) is 0.523. The summed E-state index contributed by atoms with van der Waals surface area (Å²) in [5.74, 6) is -2.04. The van der Waals surface area contributed by atoms with E-state index in [2.05, 4.69) is 21.3 Å². The number of thiazole rings is 1. The lowest BCUT2D eigenvalue weighted by Gasteiger charge is -2.35. The number of likely N-dealkylation sites (N-methyl/N-ethyl adjacent to an activating group) is 1. The second kappa shape index (κ2) is 10.3. The fraction of sp³-hybridized carbons (Fsp3) is 0.375. The van der Waals surface area contributed by atoms with E-state index in [1.165, 1.54) is 18.5 Å². The molecular formula is C24H28N6O3S. The average molecular weight is 481 g/mol. The maximum atomic E-state index is 13.1. The molecule has 4 rings (SSSR count). The summed E-state index contributed by atoms with van der Waals surface area (Å²) in [7, 11) is 4.09. The van der Waals surface area contributed by atoms with E-state index in [4.69, 9.17) is 10.7 Å². The third-order valence-electron chi connectivity index (χ3n) is 5.85. The van der Waals surface area contributed by atoms with Gasteiger partial charge >= 0.3 is 11.8 Å². The van der Waals surface area contributed by atoms with Crippen LogP contribution >= 0.6 is 11.3 Å². The number of hydrogen-bond acceptors (Lipinski definition) is 7. The Morgan fingerprint density at radius 3 is 2.79 bits per heavy atom. The number of primary amides is 1.